The Kier molecular flexibility index (Phi) is 3.49. The van der Waals surface area contributed by atoms with Gasteiger partial charge in [0.15, 0.2) is 5.78 Å². The standard InChI is InChI=1S/C11H18O4Si/c1-8(12)11(4)6-5-7-16(15-11,9(2)13)10(3)14/h5-7H2,1-4H3. The first-order valence-electron chi connectivity index (χ1n) is 5.48. The summed E-state index contributed by atoms with van der Waals surface area (Å²) >= 11 is 0. The molecule has 1 saturated heterocycles. The number of Topliss-reactive ketones (excluding diaryl/α,β-unsaturated/α-hetero) is 1. The van der Waals surface area contributed by atoms with Crippen molar-refractivity contribution < 1.29 is 18.8 Å². The van der Waals surface area contributed by atoms with Gasteiger partial charge in [0, 0.05) is 0 Å². The Hall–Kier alpha value is -0.813. The molecule has 1 rings (SSSR count). The van der Waals surface area contributed by atoms with Gasteiger partial charge in [0.2, 0.25) is 0 Å². The molecule has 0 aromatic carbocycles. The average Bonchev–Trinajstić information content (AvgIpc) is 2.16. The van der Waals surface area contributed by atoms with Gasteiger partial charge in [-0.25, -0.2) is 0 Å². The van der Waals surface area contributed by atoms with Crippen LogP contribution >= 0.6 is 0 Å². The molecule has 0 aliphatic carbocycles. The van der Waals surface area contributed by atoms with Crippen molar-refractivity contribution in [1.29, 1.82) is 0 Å². The van der Waals surface area contributed by atoms with E-state index in [1.165, 1.54) is 20.8 Å². The molecule has 90 valence electrons. The lowest BCUT2D eigenvalue weighted by molar-refractivity contribution is -0.135. The molecule has 1 aliphatic rings. The van der Waals surface area contributed by atoms with Crippen molar-refractivity contribution in [1.82, 2.24) is 0 Å². The van der Waals surface area contributed by atoms with Gasteiger partial charge in [0.1, 0.15) is 16.4 Å². The summed E-state index contributed by atoms with van der Waals surface area (Å²) in [5, 5.41) is -0.348. The lowest BCUT2D eigenvalue weighted by Gasteiger charge is -2.41. The molecule has 0 N–H and O–H groups in total. The summed E-state index contributed by atoms with van der Waals surface area (Å²) in [4.78, 5) is 34.9. The van der Waals surface area contributed by atoms with E-state index in [9.17, 15) is 14.4 Å². The Morgan fingerprint density at radius 3 is 2.00 bits per heavy atom. The van der Waals surface area contributed by atoms with Gasteiger partial charge in [-0.1, -0.05) is 0 Å². The smallest absolute Gasteiger partial charge is 0.334 e. The van der Waals surface area contributed by atoms with E-state index in [2.05, 4.69) is 0 Å². The molecule has 0 saturated carbocycles. The molecule has 1 heterocycles. The summed E-state index contributed by atoms with van der Waals surface area (Å²) in [6.45, 7) is 5.94. The van der Waals surface area contributed by atoms with Crippen LogP contribution in [0.2, 0.25) is 6.04 Å². The van der Waals surface area contributed by atoms with Gasteiger partial charge < -0.3 is 14.0 Å². The third kappa shape index (κ3) is 2.01. The monoisotopic (exact) mass is 242 g/mol. The molecule has 0 bridgehead atoms. The third-order valence-corrected chi connectivity index (χ3v) is 7.60. The van der Waals surface area contributed by atoms with E-state index < -0.39 is 13.9 Å². The highest BCUT2D eigenvalue weighted by atomic mass is 28.4. The zero-order chi connectivity index (χ0) is 12.6. The van der Waals surface area contributed by atoms with Crippen molar-refractivity contribution in [2.75, 3.05) is 0 Å². The van der Waals surface area contributed by atoms with Crippen molar-refractivity contribution in [3.8, 4) is 0 Å². The Morgan fingerprint density at radius 2 is 1.62 bits per heavy atom. The Balaban J connectivity index is 3.11. The van der Waals surface area contributed by atoms with Gasteiger partial charge in [-0.15, -0.1) is 0 Å². The first kappa shape index (κ1) is 13.3. The van der Waals surface area contributed by atoms with E-state index in [-0.39, 0.29) is 16.6 Å². The van der Waals surface area contributed by atoms with Crippen molar-refractivity contribution in [2.45, 2.75) is 52.2 Å². The number of rotatable bonds is 3. The number of hydrogen-bond donors (Lipinski definition) is 0. The van der Waals surface area contributed by atoms with E-state index in [1.54, 1.807) is 6.92 Å². The molecule has 0 spiro atoms. The first-order valence-corrected chi connectivity index (χ1v) is 7.59. The van der Waals surface area contributed by atoms with E-state index in [4.69, 9.17) is 4.43 Å². The predicted octanol–water partition coefficient (Wildman–Crippen LogP) is 1.35. The highest BCUT2D eigenvalue weighted by molar-refractivity contribution is 7.21. The predicted molar refractivity (Wildman–Crippen MR) is 61.3 cm³/mol. The number of ketones is 1. The van der Waals surface area contributed by atoms with Crippen molar-refractivity contribution in [2.24, 2.45) is 0 Å². The van der Waals surface area contributed by atoms with Gasteiger partial charge in [-0.3, -0.25) is 4.79 Å². The molecule has 0 aromatic rings. The van der Waals surface area contributed by atoms with E-state index in [1.807, 2.05) is 0 Å². The fourth-order valence-corrected chi connectivity index (χ4v) is 5.43. The van der Waals surface area contributed by atoms with Crippen LogP contribution in [0.15, 0.2) is 0 Å². The van der Waals surface area contributed by atoms with Crippen LogP contribution < -0.4 is 0 Å². The van der Waals surface area contributed by atoms with Crippen LogP contribution in [0.1, 0.15) is 40.5 Å². The maximum Gasteiger partial charge on any atom is 0.334 e. The van der Waals surface area contributed by atoms with Crippen LogP contribution in [0.4, 0.5) is 0 Å². The molecule has 16 heavy (non-hydrogen) atoms. The molecular weight excluding hydrogens is 224 g/mol. The van der Waals surface area contributed by atoms with E-state index in [0.717, 1.165) is 0 Å². The lowest BCUT2D eigenvalue weighted by atomic mass is 9.96. The van der Waals surface area contributed by atoms with E-state index >= 15 is 0 Å². The van der Waals surface area contributed by atoms with Gasteiger partial charge in [0.25, 0.3) is 0 Å². The molecule has 1 unspecified atom stereocenters. The normalized spacial score (nSPS) is 28.5. The summed E-state index contributed by atoms with van der Waals surface area (Å²) in [7, 11) is -3.03. The van der Waals surface area contributed by atoms with Crippen LogP contribution in [-0.4, -0.2) is 30.5 Å². The second-order valence-electron chi connectivity index (χ2n) is 4.68. The molecule has 5 heteroatoms. The van der Waals surface area contributed by atoms with Crippen LogP contribution in [0.25, 0.3) is 0 Å². The number of carbonyl (C=O) groups excluding carboxylic acids is 3. The molecule has 4 nitrogen and oxygen atoms in total. The highest BCUT2D eigenvalue weighted by Crippen LogP contribution is 2.35. The van der Waals surface area contributed by atoms with Crippen LogP contribution in [0.5, 0.6) is 0 Å². The zero-order valence-electron chi connectivity index (χ0n) is 10.3. The lowest BCUT2D eigenvalue weighted by Crippen LogP contribution is -2.62. The second kappa shape index (κ2) is 4.22. The van der Waals surface area contributed by atoms with Crippen molar-refractivity contribution in [3.05, 3.63) is 0 Å². The van der Waals surface area contributed by atoms with Crippen LogP contribution in [0, 0.1) is 0 Å². The van der Waals surface area contributed by atoms with Gasteiger partial charge >= 0.3 is 8.32 Å². The molecule has 0 radical (unpaired) electrons. The molecule has 1 atom stereocenters. The minimum atomic E-state index is -3.03. The summed E-state index contributed by atoms with van der Waals surface area (Å²) < 4.78 is 5.74. The van der Waals surface area contributed by atoms with Gasteiger partial charge in [-0.05, 0) is 46.6 Å². The number of carbonyl (C=O) groups is 3. The highest BCUT2D eigenvalue weighted by Gasteiger charge is 2.54. The SMILES string of the molecule is CC(=O)C1(C)CCC[Si](C(C)=O)(C(C)=O)O1. The minimum absolute atomic E-state index is 0.105. The van der Waals surface area contributed by atoms with E-state index in [0.29, 0.717) is 18.9 Å². The molecule has 1 fully saturated rings. The maximum absolute atomic E-state index is 11.7. The van der Waals surface area contributed by atoms with Crippen molar-refractivity contribution in [3.63, 3.8) is 0 Å². The fraction of sp³-hybridized carbons (Fsp3) is 0.727. The molecule has 1 aliphatic heterocycles. The Bertz CT molecular complexity index is 336. The van der Waals surface area contributed by atoms with Crippen LogP contribution in [0.3, 0.4) is 0 Å². The summed E-state index contributed by atoms with van der Waals surface area (Å²) in [5.74, 6) is -0.105. The zero-order valence-corrected chi connectivity index (χ0v) is 11.3. The van der Waals surface area contributed by atoms with Gasteiger partial charge in [-0.2, -0.15) is 0 Å². The Morgan fingerprint density at radius 1 is 1.12 bits per heavy atom. The van der Waals surface area contributed by atoms with Crippen molar-refractivity contribution >= 4 is 24.9 Å². The Labute approximate surface area is 96.5 Å². The summed E-state index contributed by atoms with van der Waals surface area (Å²) in [6.07, 6.45) is 1.30. The second-order valence-corrected chi connectivity index (χ2v) is 8.45. The number of hydrogen-bond acceptors (Lipinski definition) is 4. The molecule has 0 amide bonds. The average molecular weight is 242 g/mol. The molecule has 0 aromatic heterocycles. The minimum Gasteiger partial charge on any atom is -0.391 e. The van der Waals surface area contributed by atoms with Crippen LogP contribution in [-0.2, 0) is 18.8 Å². The quantitative estimate of drug-likeness (QED) is 0.701. The fourth-order valence-electron chi connectivity index (χ4n) is 2.15. The van der Waals surface area contributed by atoms with Gasteiger partial charge in [0.05, 0.1) is 0 Å². The summed E-state index contributed by atoms with van der Waals surface area (Å²) in [6, 6.07) is 0.514. The summed E-state index contributed by atoms with van der Waals surface area (Å²) in [5.41, 5.74) is -0.943. The molecular formula is C11H18O4Si. The maximum atomic E-state index is 11.7. The third-order valence-electron chi connectivity index (χ3n) is 3.46. The topological polar surface area (TPSA) is 60.4 Å². The largest absolute Gasteiger partial charge is 0.391 e. The first-order chi connectivity index (χ1) is 7.24.